The molecule has 4 nitrogen and oxygen atoms in total. The quantitative estimate of drug-likeness (QED) is 0.846. The minimum absolute atomic E-state index is 0.121. The summed E-state index contributed by atoms with van der Waals surface area (Å²) in [5, 5.41) is 0. The van der Waals surface area contributed by atoms with E-state index in [1.807, 2.05) is 32.0 Å². The first-order valence-electron chi connectivity index (χ1n) is 5.95. The Balaban J connectivity index is 2.94. The Morgan fingerprint density at radius 3 is 1.94 bits per heavy atom. The van der Waals surface area contributed by atoms with E-state index in [0.717, 1.165) is 23.5 Å². The molecule has 0 aliphatic heterocycles. The molecule has 0 fully saturated rings. The van der Waals surface area contributed by atoms with E-state index < -0.39 is 0 Å². The van der Waals surface area contributed by atoms with Crippen LogP contribution in [0.2, 0.25) is 0 Å². The summed E-state index contributed by atoms with van der Waals surface area (Å²) in [6.07, 6.45) is 0.722. The highest BCUT2D eigenvalue weighted by Crippen LogP contribution is 2.30. The van der Waals surface area contributed by atoms with Crippen molar-refractivity contribution in [1.29, 1.82) is 0 Å². The maximum Gasteiger partial charge on any atom is 0.122 e. The van der Waals surface area contributed by atoms with E-state index in [1.165, 1.54) is 0 Å². The van der Waals surface area contributed by atoms with Crippen LogP contribution in [0.1, 0.15) is 31.9 Å². The molecule has 0 saturated heterocycles. The third kappa shape index (κ3) is 3.89. The molecule has 1 rings (SSSR count). The second-order valence-electron chi connectivity index (χ2n) is 4.92. The van der Waals surface area contributed by atoms with Crippen LogP contribution in [0, 0.1) is 0 Å². The monoisotopic (exact) mass is 253 g/mol. The van der Waals surface area contributed by atoms with Gasteiger partial charge in [-0.05, 0) is 38.0 Å². The number of methoxy groups -OCH3 is 3. The fraction of sp³-hybridized carbons (Fsp3) is 0.571. The van der Waals surface area contributed by atoms with Crippen LogP contribution in [-0.2, 0) is 4.74 Å². The van der Waals surface area contributed by atoms with Crippen LogP contribution in [0.4, 0.5) is 0 Å². The normalized spacial score (nSPS) is 13.2. The zero-order chi connectivity index (χ0) is 13.8. The zero-order valence-electron chi connectivity index (χ0n) is 11.8. The Kier molecular flexibility index (Phi) is 4.99. The third-order valence-corrected chi connectivity index (χ3v) is 3.07. The Hall–Kier alpha value is -1.26. The van der Waals surface area contributed by atoms with Crippen molar-refractivity contribution in [2.24, 2.45) is 5.73 Å². The van der Waals surface area contributed by atoms with Crippen molar-refractivity contribution in [3.63, 3.8) is 0 Å². The van der Waals surface area contributed by atoms with Crippen LogP contribution in [0.25, 0.3) is 0 Å². The molecule has 2 N–H and O–H groups in total. The van der Waals surface area contributed by atoms with Gasteiger partial charge in [0.05, 0.1) is 19.8 Å². The first-order valence-corrected chi connectivity index (χ1v) is 5.95. The Bertz CT molecular complexity index is 368. The van der Waals surface area contributed by atoms with Gasteiger partial charge in [-0.3, -0.25) is 0 Å². The molecule has 0 amide bonds. The minimum atomic E-state index is -0.254. The van der Waals surface area contributed by atoms with E-state index in [1.54, 1.807) is 21.3 Å². The molecule has 102 valence electrons. The molecule has 0 heterocycles. The molecule has 18 heavy (non-hydrogen) atoms. The van der Waals surface area contributed by atoms with Crippen molar-refractivity contribution >= 4 is 0 Å². The summed E-state index contributed by atoms with van der Waals surface area (Å²) in [7, 11) is 4.95. The maximum atomic E-state index is 6.21. The predicted octanol–water partition coefficient (Wildman–Crippen LogP) is 2.52. The summed E-state index contributed by atoms with van der Waals surface area (Å²) in [6.45, 7) is 4.04. The van der Waals surface area contributed by atoms with Gasteiger partial charge in [0.1, 0.15) is 11.5 Å². The highest BCUT2D eigenvalue weighted by Gasteiger charge is 2.22. The topological polar surface area (TPSA) is 53.7 Å². The fourth-order valence-corrected chi connectivity index (χ4v) is 1.77. The summed E-state index contributed by atoms with van der Waals surface area (Å²) >= 11 is 0. The molecule has 0 saturated carbocycles. The number of ether oxygens (including phenoxy) is 3. The minimum Gasteiger partial charge on any atom is -0.497 e. The highest BCUT2D eigenvalue weighted by atomic mass is 16.5. The van der Waals surface area contributed by atoms with Gasteiger partial charge in [-0.15, -0.1) is 0 Å². The van der Waals surface area contributed by atoms with Crippen molar-refractivity contribution in [1.82, 2.24) is 0 Å². The van der Waals surface area contributed by atoms with Crippen molar-refractivity contribution < 1.29 is 14.2 Å². The summed E-state index contributed by atoms with van der Waals surface area (Å²) in [6, 6.07) is 5.57. The zero-order valence-corrected chi connectivity index (χ0v) is 11.8. The van der Waals surface area contributed by atoms with Gasteiger partial charge >= 0.3 is 0 Å². The lowest BCUT2D eigenvalue weighted by atomic mass is 9.94. The fourth-order valence-electron chi connectivity index (χ4n) is 1.77. The Labute approximate surface area is 109 Å². The van der Waals surface area contributed by atoms with E-state index in [4.69, 9.17) is 19.9 Å². The molecule has 0 aliphatic rings. The van der Waals surface area contributed by atoms with Crippen LogP contribution in [0.5, 0.6) is 11.5 Å². The van der Waals surface area contributed by atoms with E-state index in [2.05, 4.69) is 0 Å². The summed E-state index contributed by atoms with van der Waals surface area (Å²) in [5.41, 5.74) is 6.94. The standard InChI is InChI=1S/C14H23NO3/c1-14(2,18-5)9-13(15)10-6-11(16-3)8-12(7-10)17-4/h6-8,13H,9,15H2,1-5H3. The lowest BCUT2D eigenvalue weighted by molar-refractivity contribution is 0.00992. The average Bonchev–Trinajstić information content (AvgIpc) is 2.37. The van der Waals surface area contributed by atoms with Crippen molar-refractivity contribution in [3.05, 3.63) is 23.8 Å². The lowest BCUT2D eigenvalue weighted by Crippen LogP contribution is -2.28. The number of hydrogen-bond donors (Lipinski definition) is 1. The van der Waals surface area contributed by atoms with Crippen molar-refractivity contribution in [2.75, 3.05) is 21.3 Å². The second kappa shape index (κ2) is 6.07. The van der Waals surface area contributed by atoms with Gasteiger partial charge in [-0.25, -0.2) is 0 Å². The van der Waals surface area contributed by atoms with E-state index in [9.17, 15) is 0 Å². The molecule has 0 spiro atoms. The van der Waals surface area contributed by atoms with Crippen LogP contribution < -0.4 is 15.2 Å². The van der Waals surface area contributed by atoms with Crippen LogP contribution in [0.15, 0.2) is 18.2 Å². The smallest absolute Gasteiger partial charge is 0.122 e. The second-order valence-corrected chi connectivity index (χ2v) is 4.92. The first-order chi connectivity index (χ1) is 8.41. The van der Waals surface area contributed by atoms with Gasteiger partial charge in [0.15, 0.2) is 0 Å². The Morgan fingerprint density at radius 1 is 1.06 bits per heavy atom. The largest absolute Gasteiger partial charge is 0.497 e. The molecule has 0 aromatic heterocycles. The maximum absolute atomic E-state index is 6.21. The molecule has 4 heteroatoms. The van der Waals surface area contributed by atoms with Gasteiger partial charge in [-0.2, -0.15) is 0 Å². The molecule has 0 bridgehead atoms. The van der Waals surface area contributed by atoms with Crippen molar-refractivity contribution in [2.45, 2.75) is 31.9 Å². The predicted molar refractivity (Wildman–Crippen MR) is 72.2 cm³/mol. The molecule has 1 atom stereocenters. The van der Waals surface area contributed by atoms with Gasteiger partial charge in [0, 0.05) is 19.2 Å². The summed E-state index contributed by atoms with van der Waals surface area (Å²) < 4.78 is 15.9. The van der Waals surface area contributed by atoms with Crippen LogP contribution in [-0.4, -0.2) is 26.9 Å². The van der Waals surface area contributed by atoms with Gasteiger partial charge < -0.3 is 19.9 Å². The van der Waals surface area contributed by atoms with Gasteiger partial charge in [0.2, 0.25) is 0 Å². The number of nitrogens with two attached hydrogens (primary N) is 1. The van der Waals surface area contributed by atoms with E-state index >= 15 is 0 Å². The molecule has 0 radical (unpaired) electrons. The van der Waals surface area contributed by atoms with Crippen LogP contribution >= 0.6 is 0 Å². The van der Waals surface area contributed by atoms with E-state index in [0.29, 0.717) is 0 Å². The molecular formula is C14H23NO3. The van der Waals surface area contributed by atoms with Gasteiger partial charge in [0.25, 0.3) is 0 Å². The first kappa shape index (κ1) is 14.8. The third-order valence-electron chi connectivity index (χ3n) is 3.07. The van der Waals surface area contributed by atoms with E-state index in [-0.39, 0.29) is 11.6 Å². The highest BCUT2D eigenvalue weighted by molar-refractivity contribution is 5.39. The summed E-state index contributed by atoms with van der Waals surface area (Å²) in [4.78, 5) is 0. The van der Waals surface area contributed by atoms with Crippen LogP contribution in [0.3, 0.4) is 0 Å². The van der Waals surface area contributed by atoms with Crippen molar-refractivity contribution in [3.8, 4) is 11.5 Å². The molecule has 1 aromatic carbocycles. The number of rotatable bonds is 6. The molecule has 1 aromatic rings. The molecule has 0 aliphatic carbocycles. The summed E-state index contributed by atoms with van der Waals surface area (Å²) in [5.74, 6) is 1.49. The van der Waals surface area contributed by atoms with Gasteiger partial charge in [-0.1, -0.05) is 0 Å². The number of hydrogen-bond acceptors (Lipinski definition) is 4. The SMILES string of the molecule is COc1cc(OC)cc(C(N)CC(C)(C)OC)c1. The number of benzene rings is 1. The lowest BCUT2D eigenvalue weighted by Gasteiger charge is -2.27. The molecule has 1 unspecified atom stereocenters. The Morgan fingerprint density at radius 2 is 1.56 bits per heavy atom. The average molecular weight is 253 g/mol. The molecular weight excluding hydrogens is 230 g/mol.